The van der Waals surface area contributed by atoms with Crippen molar-refractivity contribution in [1.29, 1.82) is 0 Å². The minimum atomic E-state index is -0.843. The first kappa shape index (κ1) is 14.6. The maximum absolute atomic E-state index is 11.0. The zero-order chi connectivity index (χ0) is 14.7. The van der Waals surface area contributed by atoms with E-state index in [4.69, 9.17) is 5.11 Å². The van der Waals surface area contributed by atoms with Gasteiger partial charge in [-0.3, -0.25) is 14.9 Å². The highest BCUT2D eigenvalue weighted by Crippen LogP contribution is 2.30. The highest BCUT2D eigenvalue weighted by atomic mass is 32.2. The van der Waals surface area contributed by atoms with Gasteiger partial charge < -0.3 is 10.0 Å². The Morgan fingerprint density at radius 1 is 1.60 bits per heavy atom. The van der Waals surface area contributed by atoms with E-state index in [-0.39, 0.29) is 18.2 Å². The van der Waals surface area contributed by atoms with Crippen molar-refractivity contribution in [3.63, 3.8) is 0 Å². The van der Waals surface area contributed by atoms with Gasteiger partial charge in [0, 0.05) is 41.4 Å². The quantitative estimate of drug-likeness (QED) is 0.678. The lowest BCUT2D eigenvalue weighted by molar-refractivity contribution is -0.385. The van der Waals surface area contributed by atoms with Crippen molar-refractivity contribution in [3.05, 3.63) is 33.9 Å². The van der Waals surface area contributed by atoms with Crippen LogP contribution in [-0.4, -0.2) is 40.1 Å². The summed E-state index contributed by atoms with van der Waals surface area (Å²) in [5.74, 6) is 0.787. The first-order valence-electron chi connectivity index (χ1n) is 6.30. The van der Waals surface area contributed by atoms with E-state index in [9.17, 15) is 14.9 Å². The fourth-order valence-corrected chi connectivity index (χ4v) is 3.40. The molecule has 7 heteroatoms. The normalized spacial score (nSPS) is 18.9. The third kappa shape index (κ3) is 3.22. The average molecular weight is 296 g/mol. The molecule has 1 aromatic rings. The average Bonchev–Trinajstić information content (AvgIpc) is 2.39. The second kappa shape index (κ2) is 6.13. The third-order valence-corrected chi connectivity index (χ3v) is 4.45. The van der Waals surface area contributed by atoms with Crippen LogP contribution in [0.25, 0.3) is 0 Å². The van der Waals surface area contributed by atoms with E-state index in [0.717, 1.165) is 17.2 Å². The van der Waals surface area contributed by atoms with E-state index >= 15 is 0 Å². The predicted octanol–water partition coefficient (Wildman–Crippen LogP) is 2.30. The summed E-state index contributed by atoms with van der Waals surface area (Å²) in [6, 6.07) is 4.97. The van der Waals surface area contributed by atoms with Gasteiger partial charge in [0.15, 0.2) is 0 Å². The number of carboxylic acids is 1. The second-order valence-corrected chi connectivity index (χ2v) is 5.90. The molecule has 6 nitrogen and oxygen atoms in total. The number of thioether (sulfide) groups is 1. The van der Waals surface area contributed by atoms with Crippen LogP contribution in [0.3, 0.4) is 0 Å². The maximum atomic E-state index is 11.0. The van der Waals surface area contributed by atoms with Gasteiger partial charge in [-0.15, -0.1) is 0 Å². The van der Waals surface area contributed by atoms with Gasteiger partial charge >= 0.3 is 5.97 Å². The summed E-state index contributed by atoms with van der Waals surface area (Å²) in [6.07, 6.45) is 0.0503. The Kier molecular flexibility index (Phi) is 4.49. The van der Waals surface area contributed by atoms with Gasteiger partial charge in [0.1, 0.15) is 0 Å². The molecule has 1 atom stereocenters. The Bertz CT molecular complexity index is 535. The van der Waals surface area contributed by atoms with Crippen LogP contribution in [0.1, 0.15) is 12.0 Å². The molecule has 0 spiro atoms. The van der Waals surface area contributed by atoms with Crippen molar-refractivity contribution in [2.24, 2.45) is 0 Å². The number of hydrogen-bond donors (Lipinski definition) is 1. The molecule has 0 bridgehead atoms. The molecule has 1 aliphatic rings. The van der Waals surface area contributed by atoms with Gasteiger partial charge in [0.2, 0.25) is 0 Å². The minimum Gasteiger partial charge on any atom is -0.481 e. The summed E-state index contributed by atoms with van der Waals surface area (Å²) in [7, 11) is 0. The molecule has 0 aliphatic carbocycles. The first-order chi connectivity index (χ1) is 9.49. The highest BCUT2D eigenvalue weighted by Gasteiger charge is 2.26. The number of aryl methyl sites for hydroxylation is 1. The van der Waals surface area contributed by atoms with E-state index in [2.05, 4.69) is 0 Å². The summed E-state index contributed by atoms with van der Waals surface area (Å²) in [4.78, 5) is 23.5. The van der Waals surface area contributed by atoms with Gasteiger partial charge in [-0.25, -0.2) is 0 Å². The van der Waals surface area contributed by atoms with Crippen molar-refractivity contribution >= 4 is 29.1 Å². The lowest BCUT2D eigenvalue weighted by Gasteiger charge is -2.36. The molecular weight excluding hydrogens is 280 g/mol. The number of nitrogens with zero attached hydrogens (tertiary/aromatic N) is 2. The van der Waals surface area contributed by atoms with E-state index in [1.165, 1.54) is 0 Å². The number of nitro groups is 1. The highest BCUT2D eigenvalue weighted by molar-refractivity contribution is 7.99. The molecule has 1 aromatic carbocycles. The van der Waals surface area contributed by atoms with Crippen molar-refractivity contribution in [3.8, 4) is 0 Å². The lowest BCUT2D eigenvalue weighted by atomic mass is 10.1. The van der Waals surface area contributed by atoms with Crippen LogP contribution in [0.5, 0.6) is 0 Å². The largest absolute Gasteiger partial charge is 0.481 e. The van der Waals surface area contributed by atoms with Crippen molar-refractivity contribution in [2.75, 3.05) is 23.0 Å². The molecule has 1 unspecified atom stereocenters. The molecule has 0 amide bonds. The van der Waals surface area contributed by atoms with Gasteiger partial charge in [0.05, 0.1) is 11.3 Å². The van der Waals surface area contributed by atoms with Crippen LogP contribution in [0.2, 0.25) is 0 Å². The number of carbonyl (C=O) groups is 1. The van der Waals surface area contributed by atoms with Crippen LogP contribution in [0, 0.1) is 17.0 Å². The molecule has 1 saturated heterocycles. The zero-order valence-corrected chi connectivity index (χ0v) is 11.9. The van der Waals surface area contributed by atoms with E-state index < -0.39 is 10.9 Å². The standard InChI is InChI=1S/C13H16N2O4S/c1-9-2-3-10(6-12(9)15(18)19)14-4-5-20-8-11(14)7-13(16)17/h2-3,6,11H,4-5,7-8H2,1H3,(H,16,17). The predicted molar refractivity (Wildman–Crippen MR) is 78.5 cm³/mol. The molecule has 108 valence electrons. The van der Waals surface area contributed by atoms with Crippen LogP contribution in [0.4, 0.5) is 11.4 Å². The molecule has 1 heterocycles. The Hall–Kier alpha value is -1.76. The molecule has 0 saturated carbocycles. The summed E-state index contributed by atoms with van der Waals surface area (Å²) in [6.45, 7) is 2.41. The summed E-state index contributed by atoms with van der Waals surface area (Å²) in [5.41, 5.74) is 1.42. The fraction of sp³-hybridized carbons (Fsp3) is 0.462. The van der Waals surface area contributed by atoms with Crippen LogP contribution >= 0.6 is 11.8 Å². The molecule has 1 aliphatic heterocycles. The zero-order valence-electron chi connectivity index (χ0n) is 11.1. The minimum absolute atomic E-state index is 0.0503. The number of aliphatic carboxylic acids is 1. The van der Waals surface area contributed by atoms with E-state index in [0.29, 0.717) is 12.1 Å². The monoisotopic (exact) mass is 296 g/mol. The Labute approximate surface area is 120 Å². The second-order valence-electron chi connectivity index (χ2n) is 4.75. The van der Waals surface area contributed by atoms with Crippen molar-refractivity contribution in [1.82, 2.24) is 0 Å². The van der Waals surface area contributed by atoms with Crippen LogP contribution < -0.4 is 4.90 Å². The lowest BCUT2D eigenvalue weighted by Crippen LogP contribution is -2.43. The summed E-state index contributed by atoms with van der Waals surface area (Å²) in [5, 5.41) is 20.0. The molecular formula is C13H16N2O4S. The smallest absolute Gasteiger partial charge is 0.305 e. The molecule has 1 N–H and O–H groups in total. The maximum Gasteiger partial charge on any atom is 0.305 e. The van der Waals surface area contributed by atoms with Gasteiger partial charge in [-0.2, -0.15) is 11.8 Å². The van der Waals surface area contributed by atoms with Crippen LogP contribution in [0.15, 0.2) is 18.2 Å². The third-order valence-electron chi connectivity index (χ3n) is 3.36. The topological polar surface area (TPSA) is 83.7 Å². The van der Waals surface area contributed by atoms with Gasteiger partial charge in [-0.1, -0.05) is 6.07 Å². The number of carboxylic acid groups (broad SMARTS) is 1. The molecule has 2 rings (SSSR count). The van der Waals surface area contributed by atoms with Crippen molar-refractivity contribution < 1.29 is 14.8 Å². The van der Waals surface area contributed by atoms with E-state index in [1.54, 1.807) is 30.8 Å². The Balaban J connectivity index is 2.30. The molecule has 20 heavy (non-hydrogen) atoms. The number of rotatable bonds is 4. The van der Waals surface area contributed by atoms with E-state index in [1.807, 2.05) is 11.0 Å². The molecule has 0 aromatic heterocycles. The SMILES string of the molecule is Cc1ccc(N2CCSCC2CC(=O)O)cc1[N+](=O)[O-]. The van der Waals surface area contributed by atoms with Gasteiger partial charge in [-0.05, 0) is 13.0 Å². The van der Waals surface area contributed by atoms with Crippen LogP contribution in [-0.2, 0) is 4.79 Å². The molecule has 0 radical (unpaired) electrons. The van der Waals surface area contributed by atoms with Crippen molar-refractivity contribution in [2.45, 2.75) is 19.4 Å². The Morgan fingerprint density at radius 3 is 3.00 bits per heavy atom. The Morgan fingerprint density at radius 2 is 2.35 bits per heavy atom. The molecule has 1 fully saturated rings. The number of anilines is 1. The fourth-order valence-electron chi connectivity index (χ4n) is 2.34. The number of nitro benzene ring substituents is 1. The number of hydrogen-bond acceptors (Lipinski definition) is 5. The number of benzene rings is 1. The summed E-state index contributed by atoms with van der Waals surface area (Å²) < 4.78 is 0. The van der Waals surface area contributed by atoms with Gasteiger partial charge in [0.25, 0.3) is 5.69 Å². The summed E-state index contributed by atoms with van der Waals surface area (Å²) >= 11 is 1.72. The first-order valence-corrected chi connectivity index (χ1v) is 7.45.